The average Bonchev–Trinajstić information content (AvgIpc) is 2.42. The molecule has 2 aromatic rings. The minimum atomic E-state index is -4.76. The number of carbonyl (C=O) groups excluding carboxylic acids is 1. The highest BCUT2D eigenvalue weighted by Crippen LogP contribution is 2.20. The fourth-order valence-electron chi connectivity index (χ4n) is 1.90. The molecule has 1 amide bonds. The maximum Gasteiger partial charge on any atom is 0.416 e. The van der Waals surface area contributed by atoms with Crippen LogP contribution in [0.3, 0.4) is 0 Å². The van der Waals surface area contributed by atoms with Crippen molar-refractivity contribution >= 4 is 16.8 Å². The molecule has 0 bridgehead atoms. The summed E-state index contributed by atoms with van der Waals surface area (Å²) in [5, 5.41) is 11.5. The van der Waals surface area contributed by atoms with Gasteiger partial charge in [0.2, 0.25) is 0 Å². The van der Waals surface area contributed by atoms with Crippen molar-refractivity contribution in [1.82, 2.24) is 10.3 Å². The van der Waals surface area contributed by atoms with Gasteiger partial charge < -0.3 is 10.4 Å². The predicted molar refractivity (Wildman–Crippen MR) is 70.9 cm³/mol. The standard InChI is InChI=1S/C14H13F3N2O2/c1-8-6-10(9-4-2-3-5-11(9)19-8)13(21)18-7-12(20)14(15,16)17/h2-6,12,20H,7H2,1H3,(H,18,21). The van der Waals surface area contributed by atoms with E-state index in [-0.39, 0.29) is 5.56 Å². The molecule has 1 aromatic carbocycles. The minimum absolute atomic E-state index is 0.229. The monoisotopic (exact) mass is 298 g/mol. The summed E-state index contributed by atoms with van der Waals surface area (Å²) in [6, 6.07) is 8.34. The summed E-state index contributed by atoms with van der Waals surface area (Å²) >= 11 is 0. The molecule has 2 rings (SSSR count). The first-order valence-electron chi connectivity index (χ1n) is 6.18. The Morgan fingerprint density at radius 2 is 2.05 bits per heavy atom. The molecule has 4 nitrogen and oxygen atoms in total. The number of hydrogen-bond acceptors (Lipinski definition) is 3. The van der Waals surface area contributed by atoms with E-state index in [2.05, 4.69) is 10.3 Å². The Balaban J connectivity index is 2.24. The van der Waals surface area contributed by atoms with Crippen molar-refractivity contribution in [2.45, 2.75) is 19.2 Å². The van der Waals surface area contributed by atoms with Crippen LogP contribution in [0.25, 0.3) is 10.9 Å². The van der Waals surface area contributed by atoms with Gasteiger partial charge in [0.1, 0.15) is 0 Å². The van der Waals surface area contributed by atoms with Gasteiger partial charge in [0.15, 0.2) is 6.10 Å². The topological polar surface area (TPSA) is 62.2 Å². The molecule has 0 aliphatic carbocycles. The van der Waals surface area contributed by atoms with E-state index >= 15 is 0 Å². The van der Waals surface area contributed by atoms with Crippen LogP contribution in [-0.4, -0.2) is 34.8 Å². The number of aryl methyl sites for hydroxylation is 1. The summed E-state index contributed by atoms with van der Waals surface area (Å²) in [5.41, 5.74) is 1.39. The zero-order valence-corrected chi connectivity index (χ0v) is 11.1. The van der Waals surface area contributed by atoms with Crippen molar-refractivity contribution in [2.24, 2.45) is 0 Å². The third-order valence-electron chi connectivity index (χ3n) is 2.92. The molecular formula is C14H13F3N2O2. The number of aliphatic hydroxyl groups excluding tert-OH is 1. The lowest BCUT2D eigenvalue weighted by atomic mass is 10.1. The summed E-state index contributed by atoms with van der Waals surface area (Å²) < 4.78 is 36.6. The van der Waals surface area contributed by atoms with Gasteiger partial charge in [-0.25, -0.2) is 0 Å². The van der Waals surface area contributed by atoms with Crippen molar-refractivity contribution in [3.63, 3.8) is 0 Å². The fraction of sp³-hybridized carbons (Fsp3) is 0.286. The van der Waals surface area contributed by atoms with Crippen LogP contribution in [0.4, 0.5) is 13.2 Å². The van der Waals surface area contributed by atoms with Crippen molar-refractivity contribution in [2.75, 3.05) is 6.54 Å². The summed E-state index contributed by atoms with van der Waals surface area (Å²) in [4.78, 5) is 16.3. The minimum Gasteiger partial charge on any atom is -0.382 e. The van der Waals surface area contributed by atoms with E-state index in [9.17, 15) is 18.0 Å². The molecule has 0 saturated heterocycles. The number of amides is 1. The van der Waals surface area contributed by atoms with Gasteiger partial charge in [-0.2, -0.15) is 13.2 Å². The number of nitrogens with zero attached hydrogens (tertiary/aromatic N) is 1. The molecule has 0 spiro atoms. The SMILES string of the molecule is Cc1cc(C(=O)NCC(O)C(F)(F)F)c2ccccc2n1. The van der Waals surface area contributed by atoms with Crippen LogP contribution in [-0.2, 0) is 0 Å². The van der Waals surface area contributed by atoms with Crippen molar-refractivity contribution in [3.05, 3.63) is 41.6 Å². The van der Waals surface area contributed by atoms with Crippen molar-refractivity contribution in [1.29, 1.82) is 0 Å². The fourth-order valence-corrected chi connectivity index (χ4v) is 1.90. The first-order valence-corrected chi connectivity index (χ1v) is 6.18. The number of benzene rings is 1. The Kier molecular flexibility index (Phi) is 4.13. The number of hydrogen-bond donors (Lipinski definition) is 2. The molecule has 0 aliphatic rings. The molecule has 2 N–H and O–H groups in total. The molecule has 112 valence electrons. The summed E-state index contributed by atoms with van der Waals surface area (Å²) in [7, 11) is 0. The quantitative estimate of drug-likeness (QED) is 0.913. The highest BCUT2D eigenvalue weighted by Gasteiger charge is 2.38. The van der Waals surface area contributed by atoms with Crippen molar-refractivity contribution < 1.29 is 23.1 Å². The second-order valence-electron chi connectivity index (χ2n) is 4.60. The Morgan fingerprint density at radius 3 is 2.71 bits per heavy atom. The molecule has 21 heavy (non-hydrogen) atoms. The Bertz CT molecular complexity index is 671. The molecule has 1 atom stereocenters. The van der Waals surface area contributed by atoms with Gasteiger partial charge in [-0.3, -0.25) is 9.78 Å². The number of pyridine rings is 1. The highest BCUT2D eigenvalue weighted by molar-refractivity contribution is 6.06. The lowest BCUT2D eigenvalue weighted by Crippen LogP contribution is -2.40. The number of halogens is 3. The molecule has 1 unspecified atom stereocenters. The third kappa shape index (κ3) is 3.49. The van der Waals surface area contributed by atoms with E-state index in [1.165, 1.54) is 6.07 Å². The highest BCUT2D eigenvalue weighted by atomic mass is 19.4. The second-order valence-corrected chi connectivity index (χ2v) is 4.60. The van der Waals surface area contributed by atoms with Gasteiger partial charge >= 0.3 is 6.18 Å². The number of fused-ring (bicyclic) bond motifs is 1. The van der Waals surface area contributed by atoms with E-state index in [0.717, 1.165) is 0 Å². The van der Waals surface area contributed by atoms with E-state index in [1.807, 2.05) is 0 Å². The van der Waals surface area contributed by atoms with Crippen LogP contribution < -0.4 is 5.32 Å². The van der Waals surface area contributed by atoms with Gasteiger partial charge in [-0.15, -0.1) is 0 Å². The van der Waals surface area contributed by atoms with Crippen LogP contribution in [0, 0.1) is 6.92 Å². The smallest absolute Gasteiger partial charge is 0.382 e. The van der Waals surface area contributed by atoms with Gasteiger partial charge in [0.25, 0.3) is 5.91 Å². The van der Waals surface area contributed by atoms with Gasteiger partial charge in [-0.1, -0.05) is 18.2 Å². The lowest BCUT2D eigenvalue weighted by molar-refractivity contribution is -0.201. The number of aliphatic hydroxyl groups is 1. The zero-order chi connectivity index (χ0) is 15.6. The number of alkyl halides is 3. The van der Waals surface area contributed by atoms with Crippen LogP contribution in [0.1, 0.15) is 16.1 Å². The van der Waals surface area contributed by atoms with Crippen LogP contribution >= 0.6 is 0 Å². The first kappa shape index (κ1) is 15.2. The van der Waals surface area contributed by atoms with E-state index in [4.69, 9.17) is 5.11 Å². The molecule has 1 heterocycles. The third-order valence-corrected chi connectivity index (χ3v) is 2.92. The van der Waals surface area contributed by atoms with E-state index < -0.39 is 24.7 Å². The number of aromatic nitrogens is 1. The van der Waals surface area contributed by atoms with E-state index in [1.54, 1.807) is 31.2 Å². The predicted octanol–water partition coefficient (Wildman–Crippen LogP) is 2.20. The molecule has 0 saturated carbocycles. The molecule has 0 aliphatic heterocycles. The van der Waals surface area contributed by atoms with Crippen molar-refractivity contribution in [3.8, 4) is 0 Å². The number of carbonyl (C=O) groups is 1. The van der Waals surface area contributed by atoms with Crippen LogP contribution in [0.5, 0.6) is 0 Å². The largest absolute Gasteiger partial charge is 0.416 e. The van der Waals surface area contributed by atoms with Crippen LogP contribution in [0.2, 0.25) is 0 Å². The molecular weight excluding hydrogens is 285 g/mol. The molecule has 0 fully saturated rings. The van der Waals surface area contributed by atoms with E-state index in [0.29, 0.717) is 16.6 Å². The lowest BCUT2D eigenvalue weighted by Gasteiger charge is -2.15. The Hall–Kier alpha value is -2.15. The summed E-state index contributed by atoms with van der Waals surface area (Å²) in [6.45, 7) is 0.797. The molecule has 1 aromatic heterocycles. The summed E-state index contributed by atoms with van der Waals surface area (Å²) in [6.07, 6.45) is -7.35. The maximum atomic E-state index is 12.2. The Morgan fingerprint density at radius 1 is 1.38 bits per heavy atom. The Labute approximate surface area is 118 Å². The van der Waals surface area contributed by atoms with Gasteiger partial charge in [-0.05, 0) is 19.1 Å². The number of rotatable bonds is 3. The zero-order valence-electron chi connectivity index (χ0n) is 11.1. The van der Waals surface area contributed by atoms with Gasteiger partial charge in [0.05, 0.1) is 17.6 Å². The summed E-state index contributed by atoms with van der Waals surface area (Å²) in [5.74, 6) is -0.681. The second kappa shape index (κ2) is 5.69. The van der Waals surface area contributed by atoms with Gasteiger partial charge in [0, 0.05) is 11.1 Å². The maximum absolute atomic E-state index is 12.2. The normalized spacial score (nSPS) is 13.2. The number of nitrogens with one attached hydrogen (secondary N) is 1. The first-order chi connectivity index (χ1) is 9.79. The molecule has 7 heteroatoms. The van der Waals surface area contributed by atoms with Crippen LogP contribution in [0.15, 0.2) is 30.3 Å². The average molecular weight is 298 g/mol. The molecule has 0 radical (unpaired) electrons. The number of para-hydroxylation sites is 1.